The van der Waals surface area contributed by atoms with Crippen molar-refractivity contribution in [3.8, 4) is 0 Å². The highest BCUT2D eigenvalue weighted by Gasteiger charge is 2.06. The maximum absolute atomic E-state index is 10.9. The van der Waals surface area contributed by atoms with Gasteiger partial charge in [0.25, 0.3) is 0 Å². The maximum Gasteiger partial charge on any atom is 0.335 e. The van der Waals surface area contributed by atoms with Gasteiger partial charge in [-0.2, -0.15) is 11.3 Å². The Morgan fingerprint density at radius 2 is 2.22 bits per heavy atom. The molecule has 0 aliphatic rings. The minimum atomic E-state index is -0.877. The molecule has 1 aromatic carbocycles. The molecule has 1 aromatic heterocycles. The summed E-state index contributed by atoms with van der Waals surface area (Å²) >= 11 is 1.70. The van der Waals surface area contributed by atoms with E-state index in [0.29, 0.717) is 5.56 Å². The van der Waals surface area contributed by atoms with Gasteiger partial charge in [-0.25, -0.2) is 4.79 Å². The fraction of sp³-hybridized carbons (Fsp3) is 0.214. The van der Waals surface area contributed by atoms with Gasteiger partial charge in [0.2, 0.25) is 0 Å². The number of aryl methyl sites for hydroxylation is 1. The molecule has 4 heteroatoms. The normalized spacial score (nSPS) is 10.3. The minimum Gasteiger partial charge on any atom is -0.478 e. The number of carboxylic acid groups (broad SMARTS) is 1. The van der Waals surface area contributed by atoms with E-state index in [0.717, 1.165) is 24.2 Å². The van der Waals surface area contributed by atoms with Gasteiger partial charge in [-0.1, -0.05) is 0 Å². The average Bonchev–Trinajstić information content (AvgIpc) is 2.81. The second-order valence-corrected chi connectivity index (χ2v) is 4.92. The zero-order chi connectivity index (χ0) is 13.0. The zero-order valence-electron chi connectivity index (χ0n) is 10.1. The Bertz CT molecular complexity index is 535. The topological polar surface area (TPSA) is 49.3 Å². The molecule has 2 rings (SSSR count). The zero-order valence-corrected chi connectivity index (χ0v) is 11.0. The van der Waals surface area contributed by atoms with Crippen molar-refractivity contribution in [2.24, 2.45) is 0 Å². The summed E-state index contributed by atoms with van der Waals surface area (Å²) in [5.41, 5.74) is 3.43. The number of thiophene rings is 1. The molecule has 0 saturated heterocycles. The third-order valence-electron chi connectivity index (χ3n) is 2.78. The molecule has 3 nitrogen and oxygen atoms in total. The fourth-order valence-electron chi connectivity index (χ4n) is 1.80. The van der Waals surface area contributed by atoms with Crippen LogP contribution in [0.1, 0.15) is 21.5 Å². The third-order valence-corrected chi connectivity index (χ3v) is 3.51. The molecule has 0 bridgehead atoms. The number of anilines is 1. The molecule has 0 unspecified atom stereocenters. The van der Waals surface area contributed by atoms with E-state index in [9.17, 15) is 4.79 Å². The van der Waals surface area contributed by atoms with Crippen molar-refractivity contribution in [1.29, 1.82) is 0 Å². The summed E-state index contributed by atoms with van der Waals surface area (Å²) in [5.74, 6) is -0.877. The molecular weight excluding hydrogens is 246 g/mol. The van der Waals surface area contributed by atoms with Crippen molar-refractivity contribution in [3.05, 3.63) is 51.7 Å². The van der Waals surface area contributed by atoms with Crippen molar-refractivity contribution < 1.29 is 9.90 Å². The highest BCUT2D eigenvalue weighted by atomic mass is 32.1. The number of nitrogens with one attached hydrogen (secondary N) is 1. The van der Waals surface area contributed by atoms with Crippen molar-refractivity contribution >= 4 is 23.0 Å². The molecule has 0 fully saturated rings. The number of carbonyl (C=O) groups is 1. The first kappa shape index (κ1) is 12.6. The van der Waals surface area contributed by atoms with Crippen LogP contribution < -0.4 is 5.32 Å². The first-order valence-corrected chi connectivity index (χ1v) is 6.70. The smallest absolute Gasteiger partial charge is 0.335 e. The highest BCUT2D eigenvalue weighted by Crippen LogP contribution is 2.15. The van der Waals surface area contributed by atoms with E-state index < -0.39 is 5.97 Å². The number of hydrogen-bond donors (Lipinski definition) is 2. The molecule has 0 spiro atoms. The molecule has 0 aliphatic carbocycles. The van der Waals surface area contributed by atoms with Crippen LogP contribution in [-0.4, -0.2) is 17.6 Å². The van der Waals surface area contributed by atoms with Crippen LogP contribution in [0.2, 0.25) is 0 Å². The Labute approximate surface area is 110 Å². The number of aromatic carboxylic acids is 1. The van der Waals surface area contributed by atoms with Crippen molar-refractivity contribution in [1.82, 2.24) is 0 Å². The largest absolute Gasteiger partial charge is 0.478 e. The lowest BCUT2D eigenvalue weighted by molar-refractivity contribution is 0.0696. The minimum absolute atomic E-state index is 0.360. The van der Waals surface area contributed by atoms with Gasteiger partial charge in [0.1, 0.15) is 0 Å². The summed E-state index contributed by atoms with van der Waals surface area (Å²) in [6.07, 6.45) is 0.975. The summed E-state index contributed by atoms with van der Waals surface area (Å²) in [7, 11) is 0. The Kier molecular flexibility index (Phi) is 3.99. The van der Waals surface area contributed by atoms with E-state index in [4.69, 9.17) is 5.11 Å². The molecule has 0 radical (unpaired) electrons. The van der Waals surface area contributed by atoms with E-state index in [1.807, 2.05) is 19.1 Å². The van der Waals surface area contributed by atoms with E-state index in [1.165, 1.54) is 5.56 Å². The van der Waals surface area contributed by atoms with Crippen LogP contribution >= 0.6 is 11.3 Å². The predicted octanol–water partition coefficient (Wildman–Crippen LogP) is 3.41. The molecule has 0 aliphatic heterocycles. The Balaban J connectivity index is 1.94. The standard InChI is InChI=1S/C14H15NO2S/c1-10-8-12(2-3-13(10)14(16)17)15-6-4-11-5-7-18-9-11/h2-3,5,7-9,15H,4,6H2,1H3,(H,16,17). The lowest BCUT2D eigenvalue weighted by Gasteiger charge is -2.08. The van der Waals surface area contributed by atoms with Crippen LogP contribution in [0.3, 0.4) is 0 Å². The molecule has 18 heavy (non-hydrogen) atoms. The van der Waals surface area contributed by atoms with Crippen molar-refractivity contribution in [2.45, 2.75) is 13.3 Å². The van der Waals surface area contributed by atoms with Gasteiger partial charge >= 0.3 is 5.97 Å². The number of carboxylic acids is 1. The van der Waals surface area contributed by atoms with Gasteiger partial charge in [0, 0.05) is 12.2 Å². The SMILES string of the molecule is Cc1cc(NCCc2ccsc2)ccc1C(=O)O. The van der Waals surface area contributed by atoms with Crippen molar-refractivity contribution in [3.63, 3.8) is 0 Å². The van der Waals surface area contributed by atoms with Crippen molar-refractivity contribution in [2.75, 3.05) is 11.9 Å². The number of hydrogen-bond acceptors (Lipinski definition) is 3. The summed E-state index contributed by atoms with van der Waals surface area (Å²) in [6.45, 7) is 2.66. The van der Waals surface area contributed by atoms with Gasteiger partial charge in [0.15, 0.2) is 0 Å². The monoisotopic (exact) mass is 261 g/mol. The molecule has 0 atom stereocenters. The summed E-state index contributed by atoms with van der Waals surface area (Å²) < 4.78 is 0. The van der Waals surface area contributed by atoms with Gasteiger partial charge in [-0.15, -0.1) is 0 Å². The summed E-state index contributed by atoms with van der Waals surface area (Å²) in [5, 5.41) is 16.4. The van der Waals surface area contributed by atoms with E-state index >= 15 is 0 Å². The average molecular weight is 261 g/mol. The molecule has 1 heterocycles. The van der Waals surface area contributed by atoms with Crippen LogP contribution in [0, 0.1) is 6.92 Å². The van der Waals surface area contributed by atoms with Crippen LogP contribution in [0.25, 0.3) is 0 Å². The maximum atomic E-state index is 10.9. The summed E-state index contributed by atoms with van der Waals surface area (Å²) in [6, 6.07) is 7.44. The molecule has 2 N–H and O–H groups in total. The van der Waals surface area contributed by atoms with E-state index in [1.54, 1.807) is 17.4 Å². The van der Waals surface area contributed by atoms with Crippen LogP contribution in [-0.2, 0) is 6.42 Å². The van der Waals surface area contributed by atoms with Gasteiger partial charge in [0.05, 0.1) is 5.56 Å². The first-order valence-electron chi connectivity index (χ1n) is 5.75. The van der Waals surface area contributed by atoms with Crippen LogP contribution in [0.4, 0.5) is 5.69 Å². The second kappa shape index (κ2) is 5.69. The highest BCUT2D eigenvalue weighted by molar-refractivity contribution is 7.07. The lowest BCUT2D eigenvalue weighted by atomic mass is 10.1. The lowest BCUT2D eigenvalue weighted by Crippen LogP contribution is -2.06. The second-order valence-electron chi connectivity index (χ2n) is 4.14. The molecule has 94 valence electrons. The Hall–Kier alpha value is -1.81. The number of benzene rings is 1. The molecule has 0 saturated carbocycles. The van der Waals surface area contributed by atoms with Gasteiger partial charge in [-0.3, -0.25) is 0 Å². The van der Waals surface area contributed by atoms with E-state index in [-0.39, 0.29) is 0 Å². The molecule has 2 aromatic rings. The fourth-order valence-corrected chi connectivity index (χ4v) is 2.50. The molecule has 0 amide bonds. The van der Waals surface area contributed by atoms with Gasteiger partial charge < -0.3 is 10.4 Å². The predicted molar refractivity (Wildman–Crippen MR) is 74.7 cm³/mol. The van der Waals surface area contributed by atoms with Gasteiger partial charge in [-0.05, 0) is 59.5 Å². The quantitative estimate of drug-likeness (QED) is 0.867. The Morgan fingerprint density at radius 1 is 1.39 bits per heavy atom. The number of rotatable bonds is 5. The van der Waals surface area contributed by atoms with E-state index in [2.05, 4.69) is 22.1 Å². The van der Waals surface area contributed by atoms with Crippen LogP contribution in [0.5, 0.6) is 0 Å². The Morgan fingerprint density at radius 3 is 2.83 bits per heavy atom. The van der Waals surface area contributed by atoms with Crippen LogP contribution in [0.15, 0.2) is 35.0 Å². The third kappa shape index (κ3) is 3.11. The first-order chi connectivity index (χ1) is 8.66. The molecular formula is C14H15NO2S. The summed E-state index contributed by atoms with van der Waals surface area (Å²) in [4.78, 5) is 10.9.